The van der Waals surface area contributed by atoms with Crippen LogP contribution in [0.2, 0.25) is 0 Å². The van der Waals surface area contributed by atoms with Gasteiger partial charge in [-0.2, -0.15) is 11.3 Å². The van der Waals surface area contributed by atoms with E-state index in [2.05, 4.69) is 46.8 Å². The lowest BCUT2D eigenvalue weighted by molar-refractivity contribution is -0.693. The highest BCUT2D eigenvalue weighted by atomic mass is 32.1. The lowest BCUT2D eigenvalue weighted by Gasteiger charge is -2.27. The molecule has 0 atom stereocenters. The third-order valence-electron chi connectivity index (χ3n) is 4.06. The summed E-state index contributed by atoms with van der Waals surface area (Å²) < 4.78 is 14.6. The van der Waals surface area contributed by atoms with Gasteiger partial charge in [-0.1, -0.05) is 7.60 Å². The fourth-order valence-corrected chi connectivity index (χ4v) is 3.96. The molecule has 0 aromatic carbocycles. The summed E-state index contributed by atoms with van der Waals surface area (Å²) in [6.07, 6.45) is 7.38. The first-order valence-corrected chi connectivity index (χ1v) is 10.7. The highest BCUT2D eigenvalue weighted by Gasteiger charge is 2.11. The van der Waals surface area contributed by atoms with Gasteiger partial charge in [0, 0.05) is 41.6 Å². The van der Waals surface area contributed by atoms with Crippen LogP contribution in [0.1, 0.15) is 6.92 Å². The summed E-state index contributed by atoms with van der Waals surface area (Å²) in [5, 5.41) is 4.24. The maximum atomic E-state index is 10.8. The van der Waals surface area contributed by atoms with Crippen LogP contribution in [0.15, 0.2) is 59.8 Å². The third-order valence-corrected chi connectivity index (χ3v) is 5.55. The zero-order valence-corrected chi connectivity index (χ0v) is 15.6. The monoisotopic (exact) mass is 374 g/mol. The van der Waals surface area contributed by atoms with Crippen LogP contribution < -0.4 is 18.9 Å². The molecule has 0 amide bonds. The van der Waals surface area contributed by atoms with Crippen molar-refractivity contribution in [2.24, 2.45) is 0 Å². The van der Waals surface area contributed by atoms with Crippen molar-refractivity contribution in [1.82, 2.24) is 0 Å². The fraction of sp³-hybridized carbons (Fsp3) is 0.222. The summed E-state index contributed by atoms with van der Waals surface area (Å²) in [6.45, 7) is 3.22. The maximum absolute atomic E-state index is 10.8. The molecule has 0 fully saturated rings. The van der Waals surface area contributed by atoms with Crippen LogP contribution in [0.4, 0.5) is 0 Å². The summed E-state index contributed by atoms with van der Waals surface area (Å²) in [7, 11) is -4.47. The first-order valence-electron chi connectivity index (χ1n) is 8.02. The van der Waals surface area contributed by atoms with Gasteiger partial charge in [0.2, 0.25) is 0 Å². The van der Waals surface area contributed by atoms with Crippen LogP contribution in [0.5, 0.6) is 0 Å². The van der Waals surface area contributed by atoms with Crippen LogP contribution in [-0.2, 0) is 17.7 Å². The van der Waals surface area contributed by atoms with Crippen LogP contribution in [0, 0.1) is 0 Å². The summed E-state index contributed by atoms with van der Waals surface area (Å²) in [5.41, 5.74) is 4.54. The number of hydrogen-bond acceptors (Lipinski definition) is 4. The molecule has 0 bridgehead atoms. The fourth-order valence-electron chi connectivity index (χ4n) is 2.62. The molecule has 0 aliphatic heterocycles. The van der Waals surface area contributed by atoms with E-state index in [9.17, 15) is 14.4 Å². The molecule has 0 N–H and O–H groups in total. The second kappa shape index (κ2) is 7.58. The molecule has 3 aromatic heterocycles. The number of thiophene rings is 1. The van der Waals surface area contributed by atoms with Crippen molar-refractivity contribution < 1.29 is 23.5 Å². The van der Waals surface area contributed by atoms with Crippen LogP contribution in [-0.4, -0.2) is 6.16 Å². The maximum Gasteiger partial charge on any atom is 0.169 e. The van der Waals surface area contributed by atoms with E-state index in [1.54, 1.807) is 15.9 Å². The lowest BCUT2D eigenvalue weighted by atomic mass is 10.0. The van der Waals surface area contributed by atoms with Gasteiger partial charge in [0.25, 0.3) is 0 Å². The molecule has 130 valence electrons. The summed E-state index contributed by atoms with van der Waals surface area (Å²) >= 11 is 1.65. The SMILES string of the molecule is CC[n+]1ccc(-c2cscc2-c2cc[n+](CCP(=O)([O-])[O-])cc2)cc1. The zero-order valence-electron chi connectivity index (χ0n) is 13.9. The highest BCUT2D eigenvalue weighted by Crippen LogP contribution is 2.34. The van der Waals surface area contributed by atoms with E-state index < -0.39 is 7.60 Å². The number of hydrogen-bond donors (Lipinski definition) is 0. The smallest absolute Gasteiger partial charge is 0.169 e. The Morgan fingerprint density at radius 3 is 1.84 bits per heavy atom. The summed E-state index contributed by atoms with van der Waals surface area (Å²) in [4.78, 5) is 21.5. The van der Waals surface area contributed by atoms with E-state index in [0.29, 0.717) is 0 Å². The lowest BCUT2D eigenvalue weighted by Crippen LogP contribution is -2.36. The van der Waals surface area contributed by atoms with Gasteiger partial charge < -0.3 is 14.4 Å². The predicted octanol–water partition coefficient (Wildman–Crippen LogP) is 1.59. The van der Waals surface area contributed by atoms with Gasteiger partial charge in [-0.3, -0.25) is 0 Å². The molecule has 3 aromatic rings. The quantitative estimate of drug-likeness (QED) is 0.486. The second-order valence-corrected chi connectivity index (χ2v) is 8.19. The molecule has 0 aliphatic carbocycles. The Bertz CT molecular complexity index is 885. The molecule has 0 spiro atoms. The van der Waals surface area contributed by atoms with Crippen molar-refractivity contribution in [3.8, 4) is 22.3 Å². The average molecular weight is 374 g/mol. The van der Waals surface area contributed by atoms with Gasteiger partial charge in [0.15, 0.2) is 31.3 Å². The van der Waals surface area contributed by atoms with Crippen LogP contribution in [0.25, 0.3) is 22.3 Å². The van der Waals surface area contributed by atoms with Crippen molar-refractivity contribution in [1.29, 1.82) is 0 Å². The van der Waals surface area contributed by atoms with Crippen molar-refractivity contribution >= 4 is 18.9 Å². The van der Waals surface area contributed by atoms with Gasteiger partial charge in [0.1, 0.15) is 6.54 Å². The minimum atomic E-state index is -4.47. The molecule has 3 heterocycles. The number of nitrogens with zero attached hydrogens (tertiary/aromatic N) is 2. The Morgan fingerprint density at radius 1 is 0.920 bits per heavy atom. The minimum Gasteiger partial charge on any atom is -0.811 e. The summed E-state index contributed by atoms with van der Waals surface area (Å²) in [6, 6.07) is 8.11. The average Bonchev–Trinajstić information content (AvgIpc) is 3.09. The van der Waals surface area contributed by atoms with E-state index in [1.807, 2.05) is 24.5 Å². The minimum absolute atomic E-state index is 0.177. The van der Waals surface area contributed by atoms with Crippen molar-refractivity contribution in [2.75, 3.05) is 6.16 Å². The zero-order chi connectivity index (χ0) is 17.9. The molecule has 0 saturated carbocycles. The number of rotatable bonds is 6. The molecule has 25 heavy (non-hydrogen) atoms. The number of aromatic nitrogens is 2. The van der Waals surface area contributed by atoms with Crippen molar-refractivity contribution in [3.63, 3.8) is 0 Å². The highest BCUT2D eigenvalue weighted by molar-refractivity contribution is 7.48. The van der Waals surface area contributed by atoms with Crippen molar-refractivity contribution in [3.05, 3.63) is 59.8 Å². The molecule has 0 radical (unpaired) electrons. The van der Waals surface area contributed by atoms with Crippen LogP contribution >= 0.6 is 18.9 Å². The van der Waals surface area contributed by atoms with E-state index >= 15 is 0 Å². The first kappa shape index (κ1) is 18.0. The normalized spacial score (nSPS) is 11.6. The second-order valence-electron chi connectivity index (χ2n) is 5.78. The Balaban J connectivity index is 1.83. The van der Waals surface area contributed by atoms with Crippen molar-refractivity contribution in [2.45, 2.75) is 20.0 Å². The van der Waals surface area contributed by atoms with E-state index in [1.165, 1.54) is 5.56 Å². The van der Waals surface area contributed by atoms with Gasteiger partial charge in [-0.15, -0.1) is 0 Å². The summed E-state index contributed by atoms with van der Waals surface area (Å²) in [5.74, 6) is 0. The van der Waals surface area contributed by atoms with Crippen LogP contribution in [0.3, 0.4) is 0 Å². The standard InChI is InChI=1S/C18H19N2O3PS/c1-2-19-7-3-15(4-8-19)17-13-25-14-18(17)16-5-9-20(10-6-16)11-12-24(21,22)23/h3-10,13-14H,2,11-12H2,1H3. The predicted molar refractivity (Wildman–Crippen MR) is 93.7 cm³/mol. The molecule has 0 aliphatic rings. The molecule has 5 nitrogen and oxygen atoms in total. The molecular formula is C18H19N2O3PS. The molecule has 3 rings (SSSR count). The van der Waals surface area contributed by atoms with Gasteiger partial charge in [-0.25, -0.2) is 9.13 Å². The Labute approximate surface area is 151 Å². The topological polar surface area (TPSA) is 71.0 Å². The molecule has 0 saturated heterocycles. The number of aryl methyl sites for hydroxylation is 2. The third kappa shape index (κ3) is 4.61. The van der Waals surface area contributed by atoms with E-state index in [4.69, 9.17) is 0 Å². The molecular weight excluding hydrogens is 355 g/mol. The Morgan fingerprint density at radius 2 is 1.40 bits per heavy atom. The largest absolute Gasteiger partial charge is 0.811 e. The van der Waals surface area contributed by atoms with E-state index in [0.717, 1.165) is 23.2 Å². The Kier molecular flexibility index (Phi) is 5.45. The molecule has 0 unspecified atom stereocenters. The van der Waals surface area contributed by atoms with Gasteiger partial charge in [0.05, 0.1) is 0 Å². The molecule has 7 heteroatoms. The number of pyridine rings is 2. The Hall–Kier alpha value is -1.85. The first-order chi connectivity index (χ1) is 12.0. The van der Waals surface area contributed by atoms with Gasteiger partial charge >= 0.3 is 0 Å². The van der Waals surface area contributed by atoms with E-state index in [-0.39, 0.29) is 12.7 Å². The van der Waals surface area contributed by atoms with Gasteiger partial charge in [-0.05, 0) is 28.8 Å².